The van der Waals surface area contributed by atoms with Crippen molar-refractivity contribution in [2.24, 2.45) is 5.92 Å². The minimum absolute atomic E-state index is 0.0311. The number of fused-ring (bicyclic) bond motifs is 1. The maximum atomic E-state index is 12.1. The van der Waals surface area contributed by atoms with Gasteiger partial charge in [0.25, 0.3) is 0 Å². The SMILES string of the molecule is C=C(/C=C\C=C(/CC)CNC(=O)OCCCCN1c2nc(Cl)nc(N)c2NC1C)OCC1CCCC1. The van der Waals surface area contributed by atoms with Crippen molar-refractivity contribution in [1.29, 1.82) is 0 Å². The van der Waals surface area contributed by atoms with Crippen LogP contribution in [0.1, 0.15) is 58.8 Å². The molecule has 0 bridgehead atoms. The highest BCUT2D eigenvalue weighted by Gasteiger charge is 2.29. The average molecular weight is 519 g/mol. The van der Waals surface area contributed by atoms with Crippen LogP contribution >= 0.6 is 11.6 Å². The third kappa shape index (κ3) is 8.33. The normalized spacial score (nSPS) is 17.8. The number of nitrogen functional groups attached to an aromatic ring is 1. The van der Waals surface area contributed by atoms with Crippen molar-refractivity contribution in [1.82, 2.24) is 15.3 Å². The lowest BCUT2D eigenvalue weighted by atomic mass is 10.1. The number of hydrogen-bond donors (Lipinski definition) is 3. The van der Waals surface area contributed by atoms with Gasteiger partial charge < -0.3 is 30.7 Å². The number of nitrogens with zero attached hydrogens (tertiary/aromatic N) is 3. The average Bonchev–Trinajstić information content (AvgIpc) is 3.48. The summed E-state index contributed by atoms with van der Waals surface area (Å²) in [7, 11) is 0. The fraction of sp³-hybridized carbons (Fsp3) is 0.577. The summed E-state index contributed by atoms with van der Waals surface area (Å²) in [4.78, 5) is 22.5. The summed E-state index contributed by atoms with van der Waals surface area (Å²) >= 11 is 5.96. The molecule has 3 rings (SSSR count). The van der Waals surface area contributed by atoms with Crippen LogP contribution < -0.4 is 21.3 Å². The first-order valence-corrected chi connectivity index (χ1v) is 13.2. The van der Waals surface area contributed by atoms with Gasteiger partial charge in [0.2, 0.25) is 5.28 Å². The van der Waals surface area contributed by atoms with E-state index in [-0.39, 0.29) is 11.4 Å². The number of aromatic nitrogens is 2. The van der Waals surface area contributed by atoms with Crippen LogP contribution in [0.25, 0.3) is 0 Å². The molecule has 1 fully saturated rings. The molecule has 9 nitrogen and oxygen atoms in total. The lowest BCUT2D eigenvalue weighted by Gasteiger charge is -2.22. The fourth-order valence-corrected chi connectivity index (χ4v) is 4.55. The number of alkyl carbamates (subject to hydrolysis) is 1. The Morgan fingerprint density at radius 2 is 2.08 bits per heavy atom. The van der Waals surface area contributed by atoms with E-state index in [1.54, 1.807) is 0 Å². The monoisotopic (exact) mass is 518 g/mol. The van der Waals surface area contributed by atoms with E-state index >= 15 is 0 Å². The number of hydrogen-bond acceptors (Lipinski definition) is 8. The van der Waals surface area contributed by atoms with Gasteiger partial charge >= 0.3 is 6.09 Å². The molecule has 1 aromatic heterocycles. The third-order valence-corrected chi connectivity index (χ3v) is 6.69. The van der Waals surface area contributed by atoms with Crippen LogP contribution in [0.4, 0.5) is 22.1 Å². The Balaban J connectivity index is 1.30. The van der Waals surface area contributed by atoms with Crippen molar-refractivity contribution in [2.75, 3.05) is 42.3 Å². The molecule has 198 valence electrons. The van der Waals surface area contributed by atoms with Gasteiger partial charge in [0.05, 0.1) is 19.4 Å². The first-order chi connectivity index (χ1) is 17.4. The van der Waals surface area contributed by atoms with Gasteiger partial charge in [-0.2, -0.15) is 9.97 Å². The molecule has 0 radical (unpaired) electrons. The Bertz CT molecular complexity index is 961. The van der Waals surface area contributed by atoms with Gasteiger partial charge in [0.15, 0.2) is 11.6 Å². The van der Waals surface area contributed by atoms with E-state index < -0.39 is 6.09 Å². The molecule has 1 aliphatic heterocycles. The molecule has 0 aromatic carbocycles. The zero-order valence-corrected chi connectivity index (χ0v) is 22.1. The van der Waals surface area contributed by atoms with Gasteiger partial charge in [-0.1, -0.05) is 44.1 Å². The Hall–Kier alpha value is -2.94. The highest BCUT2D eigenvalue weighted by molar-refractivity contribution is 6.28. The molecule has 10 heteroatoms. The molecule has 4 N–H and O–H groups in total. The summed E-state index contributed by atoms with van der Waals surface area (Å²) in [6.07, 6.45) is 12.9. The van der Waals surface area contributed by atoms with Crippen LogP contribution in [0.3, 0.4) is 0 Å². The number of nitrogens with two attached hydrogens (primary N) is 1. The largest absolute Gasteiger partial charge is 0.494 e. The van der Waals surface area contributed by atoms with Crippen LogP contribution in [-0.2, 0) is 9.47 Å². The number of unbranched alkanes of at least 4 members (excludes halogenated alkanes) is 1. The quantitative estimate of drug-likeness (QED) is 0.137. The first-order valence-electron chi connectivity index (χ1n) is 12.8. The van der Waals surface area contributed by atoms with E-state index in [4.69, 9.17) is 26.8 Å². The minimum atomic E-state index is -0.420. The van der Waals surface area contributed by atoms with Crippen molar-refractivity contribution >= 4 is 35.0 Å². The molecule has 0 spiro atoms. The molecule has 1 amide bonds. The predicted molar refractivity (Wildman–Crippen MR) is 145 cm³/mol. The Labute approximate surface area is 219 Å². The van der Waals surface area contributed by atoms with Crippen molar-refractivity contribution in [3.8, 4) is 0 Å². The lowest BCUT2D eigenvalue weighted by Crippen LogP contribution is -2.34. The second-order valence-corrected chi connectivity index (χ2v) is 9.59. The smallest absolute Gasteiger partial charge is 0.407 e. The molecule has 1 unspecified atom stereocenters. The van der Waals surface area contributed by atoms with Crippen LogP contribution in [0.15, 0.2) is 36.1 Å². The van der Waals surface area contributed by atoms with Crippen LogP contribution in [0.2, 0.25) is 5.28 Å². The molecular formula is C26H39ClN6O3. The number of allylic oxidation sites excluding steroid dienone is 3. The second-order valence-electron chi connectivity index (χ2n) is 9.25. The molecule has 36 heavy (non-hydrogen) atoms. The number of carbonyl (C=O) groups is 1. The molecule has 0 saturated heterocycles. The van der Waals surface area contributed by atoms with Gasteiger partial charge in [0, 0.05) is 13.1 Å². The number of nitrogens with one attached hydrogen (secondary N) is 2. The number of halogens is 1. The number of anilines is 3. The van der Waals surface area contributed by atoms with Crippen LogP contribution in [0, 0.1) is 5.92 Å². The zero-order valence-electron chi connectivity index (χ0n) is 21.4. The van der Waals surface area contributed by atoms with Gasteiger partial charge in [0.1, 0.15) is 11.4 Å². The number of carbonyl (C=O) groups excluding carboxylic acids is 1. The Morgan fingerprint density at radius 1 is 1.31 bits per heavy atom. The molecule has 2 aliphatic rings. The van der Waals surface area contributed by atoms with Gasteiger partial charge in [-0.15, -0.1) is 0 Å². The molecule has 1 atom stereocenters. The second kappa shape index (κ2) is 14.0. The highest BCUT2D eigenvalue weighted by atomic mass is 35.5. The van der Waals surface area contributed by atoms with Crippen LogP contribution in [-0.4, -0.2) is 48.5 Å². The van der Waals surface area contributed by atoms with E-state index in [0.717, 1.165) is 38.0 Å². The zero-order chi connectivity index (χ0) is 25.9. The van der Waals surface area contributed by atoms with Crippen LogP contribution in [0.5, 0.6) is 0 Å². The van der Waals surface area contributed by atoms with Gasteiger partial charge in [-0.25, -0.2) is 4.79 Å². The van der Waals surface area contributed by atoms with Crippen molar-refractivity contribution < 1.29 is 14.3 Å². The van der Waals surface area contributed by atoms with E-state index in [1.807, 2.05) is 25.2 Å². The minimum Gasteiger partial charge on any atom is -0.494 e. The molecule has 1 aromatic rings. The molecule has 1 saturated carbocycles. The standard InChI is InChI=1S/C26H39ClN6O3/c1-4-20(13-9-10-18(2)36-17-21-11-5-6-12-21)16-29-26(34)35-15-8-7-14-33-19(3)30-22-23(28)31-25(27)32-24(22)33/h9-10,13,19,21,30H,2,4-8,11-12,14-17H2,1,3H3,(H,29,34)(H2,28,31,32)/b10-9-,20-13+. The number of amides is 1. The summed E-state index contributed by atoms with van der Waals surface area (Å²) in [5.41, 5.74) is 7.72. The van der Waals surface area contributed by atoms with Crippen molar-refractivity contribution in [3.63, 3.8) is 0 Å². The summed E-state index contributed by atoms with van der Waals surface area (Å²) in [6, 6.07) is 0. The predicted octanol–water partition coefficient (Wildman–Crippen LogP) is 5.41. The van der Waals surface area contributed by atoms with Gasteiger partial charge in [-0.05, 0) is 62.6 Å². The first kappa shape index (κ1) is 27.6. The Kier molecular flexibility index (Phi) is 10.7. The molecular weight excluding hydrogens is 480 g/mol. The van der Waals surface area contributed by atoms with E-state index in [9.17, 15) is 4.79 Å². The Morgan fingerprint density at radius 3 is 2.83 bits per heavy atom. The summed E-state index contributed by atoms with van der Waals surface area (Å²) in [5, 5.41) is 6.21. The van der Waals surface area contributed by atoms with E-state index in [0.29, 0.717) is 42.2 Å². The number of rotatable bonds is 13. The molecule has 2 heterocycles. The summed E-state index contributed by atoms with van der Waals surface area (Å²) in [6.45, 7) is 10.3. The fourth-order valence-electron chi connectivity index (χ4n) is 4.38. The third-order valence-electron chi connectivity index (χ3n) is 6.52. The topological polar surface area (TPSA) is 115 Å². The van der Waals surface area contributed by atoms with Crippen molar-refractivity contribution in [2.45, 2.75) is 65.0 Å². The van der Waals surface area contributed by atoms with E-state index in [2.05, 4.69) is 39.0 Å². The van der Waals surface area contributed by atoms with Crippen molar-refractivity contribution in [3.05, 3.63) is 41.4 Å². The maximum absolute atomic E-state index is 12.1. The van der Waals surface area contributed by atoms with E-state index in [1.165, 1.54) is 25.7 Å². The summed E-state index contributed by atoms with van der Waals surface area (Å²) in [5.74, 6) is 2.38. The number of ether oxygens (including phenoxy) is 2. The van der Waals surface area contributed by atoms with Gasteiger partial charge in [-0.3, -0.25) is 0 Å². The highest BCUT2D eigenvalue weighted by Crippen LogP contribution is 2.37. The lowest BCUT2D eigenvalue weighted by molar-refractivity contribution is 0.145. The molecule has 1 aliphatic carbocycles. The maximum Gasteiger partial charge on any atom is 0.407 e. The summed E-state index contributed by atoms with van der Waals surface area (Å²) < 4.78 is 11.1.